The number of quaternary nitrogens is 1. The predicted molar refractivity (Wildman–Crippen MR) is 277 cm³/mol. The third kappa shape index (κ3) is 46.4. The van der Waals surface area contributed by atoms with Gasteiger partial charge in [0.25, 0.3) is 0 Å². The molecule has 0 heterocycles. The van der Waals surface area contributed by atoms with Crippen LogP contribution in [0.5, 0.6) is 0 Å². The Morgan fingerprint density at radius 2 is 0.848 bits per heavy atom. The maximum absolute atomic E-state index is 12.8. The SMILES string of the molecule is CC/C=C/C/C=C/C/C=C/CCCCCCCCCCCCC(=O)OC(COCCC(C(=O)[O-])[N+](C)(C)C)COC(=O)CCCCCCCCC/C=C/CCCCCCCCCCCCC. The van der Waals surface area contributed by atoms with Gasteiger partial charge in [0.2, 0.25) is 0 Å². The highest BCUT2D eigenvalue weighted by atomic mass is 16.6. The van der Waals surface area contributed by atoms with Crippen molar-refractivity contribution in [3.63, 3.8) is 0 Å². The minimum Gasteiger partial charge on any atom is -0.544 e. The standard InChI is InChI=1S/C58H105NO7/c1-6-8-10-12-14-16-18-20-22-24-26-28-29-31-32-34-36-38-40-42-44-46-48-56(60)65-53-54(52-64-51-50-55(58(62)63)59(3,4)5)66-57(61)49-47-45-43-41-39-37-35-33-30-27-25-23-21-19-17-15-13-11-9-7-2/h9,11,15,17,21,23,29,31,54-55H,6-8,10,12-14,16,18-20,22,24-28,30,32-53H2,1-5H3/b11-9+,17-15+,23-21+,31-29+. The Morgan fingerprint density at radius 3 is 1.27 bits per heavy atom. The van der Waals surface area contributed by atoms with E-state index < -0.39 is 18.1 Å². The zero-order chi connectivity index (χ0) is 48.4. The largest absolute Gasteiger partial charge is 0.544 e. The Bertz CT molecular complexity index is 1220. The molecule has 0 aromatic carbocycles. The normalized spacial score (nSPS) is 13.2. The first kappa shape index (κ1) is 63.3. The summed E-state index contributed by atoms with van der Waals surface area (Å²) in [6.45, 7) is 4.58. The van der Waals surface area contributed by atoms with E-state index in [-0.39, 0.29) is 42.7 Å². The monoisotopic (exact) mass is 928 g/mol. The van der Waals surface area contributed by atoms with E-state index >= 15 is 0 Å². The summed E-state index contributed by atoms with van der Waals surface area (Å²) in [4.78, 5) is 37.1. The number of likely N-dealkylation sites (N-methyl/N-ethyl adjacent to an activating group) is 1. The van der Waals surface area contributed by atoms with Crippen molar-refractivity contribution in [2.24, 2.45) is 0 Å². The van der Waals surface area contributed by atoms with Crippen molar-refractivity contribution in [1.29, 1.82) is 0 Å². The van der Waals surface area contributed by atoms with Crippen molar-refractivity contribution >= 4 is 17.9 Å². The summed E-state index contributed by atoms with van der Waals surface area (Å²) in [6.07, 6.45) is 60.0. The van der Waals surface area contributed by atoms with Gasteiger partial charge >= 0.3 is 11.9 Å². The number of carboxylic acid groups (broad SMARTS) is 1. The van der Waals surface area contributed by atoms with Gasteiger partial charge in [-0.1, -0.05) is 210 Å². The number of esters is 2. The van der Waals surface area contributed by atoms with Crippen LogP contribution in [0.15, 0.2) is 48.6 Å². The topological polar surface area (TPSA) is 102 Å². The van der Waals surface area contributed by atoms with Gasteiger partial charge in [-0.2, -0.15) is 0 Å². The summed E-state index contributed by atoms with van der Waals surface area (Å²) < 4.78 is 17.3. The van der Waals surface area contributed by atoms with Crippen molar-refractivity contribution in [3.05, 3.63) is 48.6 Å². The number of carbonyl (C=O) groups is 3. The summed E-state index contributed by atoms with van der Waals surface area (Å²) in [7, 11) is 5.42. The number of carboxylic acids is 1. The first-order chi connectivity index (χ1) is 32.1. The van der Waals surface area contributed by atoms with Crippen LogP contribution in [0, 0.1) is 0 Å². The van der Waals surface area contributed by atoms with Gasteiger partial charge in [-0.05, 0) is 70.6 Å². The summed E-state index contributed by atoms with van der Waals surface area (Å²) in [5, 5.41) is 11.7. The maximum Gasteiger partial charge on any atom is 0.306 e. The van der Waals surface area contributed by atoms with Gasteiger partial charge in [-0.25, -0.2) is 0 Å². The lowest BCUT2D eigenvalue weighted by Crippen LogP contribution is -2.55. The molecule has 0 saturated carbocycles. The molecule has 8 nitrogen and oxygen atoms in total. The van der Waals surface area contributed by atoms with Crippen molar-refractivity contribution < 1.29 is 38.2 Å². The molecule has 384 valence electrons. The number of hydrogen-bond acceptors (Lipinski definition) is 7. The molecule has 0 saturated heterocycles. The van der Waals surface area contributed by atoms with Gasteiger partial charge in [0.15, 0.2) is 6.10 Å². The van der Waals surface area contributed by atoms with Crippen LogP contribution in [0.3, 0.4) is 0 Å². The third-order valence-corrected chi connectivity index (χ3v) is 12.4. The molecule has 0 radical (unpaired) electrons. The van der Waals surface area contributed by atoms with Crippen molar-refractivity contribution in [2.45, 2.75) is 264 Å². The molecular formula is C58H105NO7. The van der Waals surface area contributed by atoms with Crippen molar-refractivity contribution in [2.75, 3.05) is 41.0 Å². The number of hydrogen-bond donors (Lipinski definition) is 0. The molecule has 0 aliphatic carbocycles. The summed E-state index contributed by atoms with van der Waals surface area (Å²) >= 11 is 0. The highest BCUT2D eigenvalue weighted by molar-refractivity contribution is 5.70. The fourth-order valence-corrected chi connectivity index (χ4v) is 8.20. The molecule has 0 aromatic heterocycles. The number of allylic oxidation sites excluding steroid dienone is 8. The Morgan fingerprint density at radius 1 is 0.470 bits per heavy atom. The van der Waals surface area contributed by atoms with Gasteiger partial charge in [0.05, 0.1) is 40.3 Å². The highest BCUT2D eigenvalue weighted by Gasteiger charge is 2.25. The number of carbonyl (C=O) groups excluding carboxylic acids is 3. The van der Waals surface area contributed by atoms with Crippen LogP contribution in [0.25, 0.3) is 0 Å². The van der Waals surface area contributed by atoms with E-state index in [4.69, 9.17) is 14.2 Å². The van der Waals surface area contributed by atoms with E-state index in [2.05, 4.69) is 62.5 Å². The highest BCUT2D eigenvalue weighted by Crippen LogP contribution is 2.16. The molecular weight excluding hydrogens is 823 g/mol. The van der Waals surface area contributed by atoms with Crippen LogP contribution in [0.2, 0.25) is 0 Å². The van der Waals surface area contributed by atoms with Crippen molar-refractivity contribution in [3.8, 4) is 0 Å². The van der Waals surface area contributed by atoms with Crippen molar-refractivity contribution in [1.82, 2.24) is 0 Å². The minimum atomic E-state index is -1.12. The zero-order valence-corrected chi connectivity index (χ0v) is 43.9. The van der Waals surface area contributed by atoms with Crippen LogP contribution in [-0.4, -0.2) is 75.5 Å². The quantitative estimate of drug-likeness (QED) is 0.0259. The maximum atomic E-state index is 12.8. The molecule has 0 bridgehead atoms. The molecule has 0 spiro atoms. The van der Waals surface area contributed by atoms with E-state index in [0.29, 0.717) is 12.8 Å². The van der Waals surface area contributed by atoms with Crippen LogP contribution in [0.1, 0.15) is 251 Å². The Hall–Kier alpha value is -2.71. The van der Waals surface area contributed by atoms with Gasteiger partial charge in [-0.15, -0.1) is 0 Å². The molecule has 2 unspecified atom stereocenters. The first-order valence-electron chi connectivity index (χ1n) is 27.7. The number of unbranched alkanes of at least 4 members (excludes halogenated alkanes) is 28. The molecule has 66 heavy (non-hydrogen) atoms. The second kappa shape index (κ2) is 48.7. The predicted octanol–water partition coefficient (Wildman–Crippen LogP) is 15.0. The molecule has 0 fully saturated rings. The average molecular weight is 928 g/mol. The zero-order valence-electron chi connectivity index (χ0n) is 43.9. The van der Waals surface area contributed by atoms with Gasteiger partial charge in [0, 0.05) is 19.3 Å². The summed E-state index contributed by atoms with van der Waals surface area (Å²) in [6, 6.07) is -0.728. The summed E-state index contributed by atoms with van der Waals surface area (Å²) in [5.41, 5.74) is 0. The Balaban J connectivity index is 4.19. The van der Waals surface area contributed by atoms with E-state index in [1.807, 2.05) is 0 Å². The van der Waals surface area contributed by atoms with Crippen LogP contribution >= 0.6 is 0 Å². The minimum absolute atomic E-state index is 0.0385. The second-order valence-corrected chi connectivity index (χ2v) is 19.8. The molecule has 2 atom stereocenters. The average Bonchev–Trinajstić information content (AvgIpc) is 3.28. The van der Waals surface area contributed by atoms with Gasteiger partial charge in [-0.3, -0.25) is 9.59 Å². The third-order valence-electron chi connectivity index (χ3n) is 12.4. The fraction of sp³-hybridized carbons (Fsp3) is 0.810. The molecule has 0 N–H and O–H groups in total. The smallest absolute Gasteiger partial charge is 0.306 e. The van der Waals surface area contributed by atoms with Crippen LogP contribution in [0.4, 0.5) is 0 Å². The molecule has 8 heteroatoms. The fourth-order valence-electron chi connectivity index (χ4n) is 8.20. The molecule has 0 aromatic rings. The second-order valence-electron chi connectivity index (χ2n) is 19.8. The first-order valence-corrected chi connectivity index (χ1v) is 27.7. The number of nitrogens with zero attached hydrogens (tertiary/aromatic N) is 1. The van der Waals surface area contributed by atoms with E-state index in [0.717, 1.165) is 57.8 Å². The number of aliphatic carboxylic acids is 1. The van der Waals surface area contributed by atoms with Crippen LogP contribution in [-0.2, 0) is 28.6 Å². The van der Waals surface area contributed by atoms with E-state index in [1.54, 1.807) is 21.1 Å². The lowest BCUT2D eigenvalue weighted by atomic mass is 10.0. The molecule has 0 rings (SSSR count). The van der Waals surface area contributed by atoms with E-state index in [1.165, 1.54) is 161 Å². The molecule has 0 aliphatic rings. The summed E-state index contributed by atoms with van der Waals surface area (Å²) in [5.74, 6) is -1.73. The van der Waals surface area contributed by atoms with Gasteiger partial charge < -0.3 is 28.6 Å². The number of rotatable bonds is 50. The molecule has 0 amide bonds. The lowest BCUT2D eigenvalue weighted by Gasteiger charge is -2.34. The van der Waals surface area contributed by atoms with Crippen LogP contribution < -0.4 is 5.11 Å². The van der Waals surface area contributed by atoms with Gasteiger partial charge in [0.1, 0.15) is 12.6 Å². The molecule has 0 aliphatic heterocycles. The lowest BCUT2D eigenvalue weighted by molar-refractivity contribution is -0.889. The van der Waals surface area contributed by atoms with E-state index in [9.17, 15) is 19.5 Å². The number of ether oxygens (including phenoxy) is 3. The Kier molecular flexibility index (Phi) is 46.7. The Labute approximate surface area is 407 Å².